The third kappa shape index (κ3) is 8.30. The van der Waals surface area contributed by atoms with Crippen molar-refractivity contribution in [2.75, 3.05) is 6.54 Å². The normalized spacial score (nSPS) is 10.7. The maximum absolute atomic E-state index is 5.47. The molecule has 1 radical (unpaired) electrons. The monoisotopic (exact) mass is 246 g/mol. The second-order valence-corrected chi connectivity index (χ2v) is 5.11. The summed E-state index contributed by atoms with van der Waals surface area (Å²) in [7, 11) is 0. The highest BCUT2D eigenvalue weighted by molar-refractivity contribution is 5.12. The van der Waals surface area contributed by atoms with Crippen molar-refractivity contribution in [3.05, 3.63) is 35.9 Å². The Balaban J connectivity index is 1.82. The van der Waals surface area contributed by atoms with E-state index in [1.54, 1.807) is 0 Å². The van der Waals surface area contributed by atoms with Crippen LogP contribution in [0.25, 0.3) is 0 Å². The van der Waals surface area contributed by atoms with E-state index in [4.69, 9.17) is 5.73 Å². The molecular weight excluding hydrogens is 218 g/mol. The lowest BCUT2D eigenvalue weighted by Gasteiger charge is -2.02. The van der Waals surface area contributed by atoms with Crippen LogP contribution in [0.15, 0.2) is 24.3 Å². The van der Waals surface area contributed by atoms with Gasteiger partial charge in [-0.3, -0.25) is 0 Å². The van der Waals surface area contributed by atoms with Crippen LogP contribution < -0.4 is 5.73 Å². The minimum absolute atomic E-state index is 0.858. The fraction of sp³-hybridized carbons (Fsp3) is 0.647. The minimum atomic E-state index is 0.858. The molecule has 0 unspecified atom stereocenters. The Morgan fingerprint density at radius 3 is 1.94 bits per heavy atom. The van der Waals surface area contributed by atoms with Crippen molar-refractivity contribution in [2.45, 2.75) is 64.2 Å². The summed E-state index contributed by atoms with van der Waals surface area (Å²) in [5.41, 5.74) is 6.83. The molecule has 0 aromatic heterocycles. The van der Waals surface area contributed by atoms with Crippen LogP contribution in [0.5, 0.6) is 0 Å². The van der Waals surface area contributed by atoms with E-state index in [2.05, 4.69) is 18.2 Å². The van der Waals surface area contributed by atoms with Crippen LogP contribution >= 0.6 is 0 Å². The Hall–Kier alpha value is -0.820. The molecule has 0 aliphatic rings. The molecule has 1 aromatic carbocycles. The lowest BCUT2D eigenvalue weighted by molar-refractivity contribution is 0.560. The Labute approximate surface area is 113 Å². The number of benzene rings is 1. The Kier molecular flexibility index (Phi) is 9.55. The van der Waals surface area contributed by atoms with Crippen LogP contribution in [0, 0.1) is 6.07 Å². The quantitative estimate of drug-likeness (QED) is 0.572. The van der Waals surface area contributed by atoms with E-state index in [9.17, 15) is 0 Å². The lowest BCUT2D eigenvalue weighted by atomic mass is 10.0. The summed E-state index contributed by atoms with van der Waals surface area (Å²) in [5, 5.41) is 0. The number of aryl methyl sites for hydroxylation is 1. The fourth-order valence-electron chi connectivity index (χ4n) is 2.28. The highest BCUT2D eigenvalue weighted by atomic mass is 14.5. The summed E-state index contributed by atoms with van der Waals surface area (Å²) in [6.45, 7) is 0.858. The smallest absolute Gasteiger partial charge is 0.00773 e. The average molecular weight is 246 g/mol. The second-order valence-electron chi connectivity index (χ2n) is 5.11. The van der Waals surface area contributed by atoms with Crippen molar-refractivity contribution in [3.8, 4) is 0 Å². The molecule has 2 N–H and O–H groups in total. The topological polar surface area (TPSA) is 26.0 Å². The summed E-state index contributed by atoms with van der Waals surface area (Å²) in [4.78, 5) is 0. The predicted molar refractivity (Wildman–Crippen MR) is 79.6 cm³/mol. The van der Waals surface area contributed by atoms with E-state index < -0.39 is 0 Å². The summed E-state index contributed by atoms with van der Waals surface area (Å²) in [6.07, 6.45) is 13.4. The molecule has 0 amide bonds. The van der Waals surface area contributed by atoms with Gasteiger partial charge in [-0.05, 0) is 37.4 Å². The van der Waals surface area contributed by atoms with Crippen LogP contribution in [-0.2, 0) is 6.42 Å². The molecule has 0 atom stereocenters. The van der Waals surface area contributed by atoms with Gasteiger partial charge in [0.25, 0.3) is 0 Å². The largest absolute Gasteiger partial charge is 0.330 e. The Bertz CT molecular complexity index is 268. The van der Waals surface area contributed by atoms with Gasteiger partial charge in [-0.15, -0.1) is 0 Å². The third-order valence-corrected chi connectivity index (χ3v) is 3.42. The maximum atomic E-state index is 5.47. The molecule has 1 rings (SSSR count). The predicted octanol–water partition coefficient (Wildman–Crippen LogP) is 4.50. The number of rotatable bonds is 11. The summed E-state index contributed by atoms with van der Waals surface area (Å²) in [5.74, 6) is 0. The molecular formula is C17H28N. The van der Waals surface area contributed by atoms with E-state index in [0.717, 1.165) is 6.54 Å². The van der Waals surface area contributed by atoms with Crippen LogP contribution in [0.1, 0.15) is 63.4 Å². The zero-order valence-corrected chi connectivity index (χ0v) is 11.7. The van der Waals surface area contributed by atoms with Crippen molar-refractivity contribution in [3.63, 3.8) is 0 Å². The van der Waals surface area contributed by atoms with Gasteiger partial charge < -0.3 is 5.73 Å². The summed E-state index contributed by atoms with van der Waals surface area (Å²) >= 11 is 0. The van der Waals surface area contributed by atoms with Gasteiger partial charge in [0.15, 0.2) is 0 Å². The molecule has 1 heteroatoms. The molecule has 0 aliphatic carbocycles. The molecule has 0 bridgehead atoms. The molecule has 18 heavy (non-hydrogen) atoms. The molecule has 0 saturated carbocycles. The van der Waals surface area contributed by atoms with Gasteiger partial charge in [0.1, 0.15) is 0 Å². The van der Waals surface area contributed by atoms with Crippen molar-refractivity contribution >= 4 is 0 Å². The molecule has 101 valence electrons. The highest BCUT2D eigenvalue weighted by Gasteiger charge is 1.94. The maximum Gasteiger partial charge on any atom is -0.00773 e. The van der Waals surface area contributed by atoms with Crippen LogP contribution in [0.2, 0.25) is 0 Å². The van der Waals surface area contributed by atoms with E-state index in [-0.39, 0.29) is 0 Å². The van der Waals surface area contributed by atoms with Crippen molar-refractivity contribution in [1.29, 1.82) is 0 Å². The van der Waals surface area contributed by atoms with E-state index >= 15 is 0 Å². The Morgan fingerprint density at radius 2 is 1.39 bits per heavy atom. The third-order valence-electron chi connectivity index (χ3n) is 3.42. The number of nitrogens with two attached hydrogens (primary N) is 1. The fourth-order valence-corrected chi connectivity index (χ4v) is 2.28. The minimum Gasteiger partial charge on any atom is -0.330 e. The first kappa shape index (κ1) is 15.2. The van der Waals surface area contributed by atoms with Crippen molar-refractivity contribution < 1.29 is 0 Å². The van der Waals surface area contributed by atoms with Crippen LogP contribution in [0.4, 0.5) is 0 Å². The highest BCUT2D eigenvalue weighted by Crippen LogP contribution is 2.11. The lowest BCUT2D eigenvalue weighted by Crippen LogP contribution is -1.97. The first-order valence-electron chi connectivity index (χ1n) is 7.59. The van der Waals surface area contributed by atoms with Gasteiger partial charge in [0.2, 0.25) is 0 Å². The summed E-state index contributed by atoms with van der Waals surface area (Å²) < 4.78 is 0. The van der Waals surface area contributed by atoms with Crippen LogP contribution in [0.3, 0.4) is 0 Å². The number of hydrogen-bond donors (Lipinski definition) is 1. The summed E-state index contributed by atoms with van der Waals surface area (Å²) in [6, 6.07) is 11.6. The zero-order chi connectivity index (χ0) is 12.9. The van der Waals surface area contributed by atoms with Gasteiger partial charge in [0, 0.05) is 0 Å². The second kappa shape index (κ2) is 11.3. The van der Waals surface area contributed by atoms with Crippen molar-refractivity contribution in [2.24, 2.45) is 5.73 Å². The first-order valence-corrected chi connectivity index (χ1v) is 7.59. The van der Waals surface area contributed by atoms with E-state index in [1.165, 1.54) is 69.8 Å². The molecule has 0 spiro atoms. The van der Waals surface area contributed by atoms with E-state index in [1.807, 2.05) is 12.1 Å². The average Bonchev–Trinajstić information content (AvgIpc) is 2.42. The van der Waals surface area contributed by atoms with Gasteiger partial charge in [-0.1, -0.05) is 69.2 Å². The molecule has 0 aliphatic heterocycles. The standard InChI is InChI=1S/C17H28N/c18-16-12-7-5-3-1-2-4-6-9-13-17-14-10-8-11-15-17/h8,10-11,14H,1-7,9,12-13,16,18H2. The number of unbranched alkanes of at least 4 members (excludes halogenated alkanes) is 8. The molecule has 0 fully saturated rings. The van der Waals surface area contributed by atoms with Crippen molar-refractivity contribution in [1.82, 2.24) is 0 Å². The van der Waals surface area contributed by atoms with Gasteiger partial charge in [-0.25, -0.2) is 0 Å². The molecule has 1 aromatic rings. The van der Waals surface area contributed by atoms with Crippen LogP contribution in [-0.4, -0.2) is 6.54 Å². The zero-order valence-electron chi connectivity index (χ0n) is 11.7. The van der Waals surface area contributed by atoms with Gasteiger partial charge in [0.05, 0.1) is 0 Å². The molecule has 0 saturated heterocycles. The van der Waals surface area contributed by atoms with Gasteiger partial charge >= 0.3 is 0 Å². The molecule has 0 heterocycles. The van der Waals surface area contributed by atoms with Gasteiger partial charge in [-0.2, -0.15) is 0 Å². The Morgan fingerprint density at radius 1 is 0.778 bits per heavy atom. The first-order chi connectivity index (χ1) is 8.93. The molecule has 1 nitrogen and oxygen atoms in total. The van der Waals surface area contributed by atoms with E-state index in [0.29, 0.717) is 0 Å². The number of hydrogen-bond acceptors (Lipinski definition) is 1. The SMILES string of the molecule is NCCCCCCCCCCCc1[c]cccc1.